The molecule has 0 aromatic carbocycles. The first-order chi connectivity index (χ1) is 7.81. The molecule has 0 aliphatic carbocycles. The van der Waals surface area contributed by atoms with E-state index in [-0.39, 0.29) is 6.04 Å². The summed E-state index contributed by atoms with van der Waals surface area (Å²) in [4.78, 5) is 2.36. The van der Waals surface area contributed by atoms with Gasteiger partial charge in [0.25, 0.3) is 0 Å². The standard InChI is InChI=1S/C12H23NO2SSi/c1-17(2,3)12-9-11(10-16(12,14)15)13-7-5-4-6-8-13/h9,11H,4-8,10H2,1-3H3. The molecule has 0 aromatic heterocycles. The fraction of sp³-hybridized carbons (Fsp3) is 0.833. The van der Waals surface area contributed by atoms with Crippen molar-refractivity contribution in [2.24, 2.45) is 0 Å². The minimum Gasteiger partial charge on any atom is -0.296 e. The van der Waals surface area contributed by atoms with Crippen molar-refractivity contribution < 1.29 is 8.42 Å². The second kappa shape index (κ2) is 4.52. The highest BCUT2D eigenvalue weighted by Crippen LogP contribution is 2.30. The normalized spacial score (nSPS) is 30.3. The Balaban J connectivity index is 2.21. The van der Waals surface area contributed by atoms with E-state index in [1.807, 2.05) is 0 Å². The first-order valence-electron chi connectivity index (χ1n) is 6.50. The summed E-state index contributed by atoms with van der Waals surface area (Å²) in [5.74, 6) is 0.326. The van der Waals surface area contributed by atoms with Gasteiger partial charge in [0.05, 0.1) is 13.8 Å². The molecule has 3 nitrogen and oxygen atoms in total. The highest BCUT2D eigenvalue weighted by Gasteiger charge is 2.39. The van der Waals surface area contributed by atoms with Crippen LogP contribution in [-0.4, -0.2) is 46.3 Å². The van der Waals surface area contributed by atoms with Gasteiger partial charge in [-0.1, -0.05) is 32.1 Å². The first-order valence-corrected chi connectivity index (χ1v) is 11.6. The molecule has 0 aromatic rings. The van der Waals surface area contributed by atoms with Crippen LogP contribution in [0.2, 0.25) is 19.6 Å². The van der Waals surface area contributed by atoms with E-state index in [9.17, 15) is 8.42 Å². The Morgan fingerprint density at radius 3 is 2.24 bits per heavy atom. The summed E-state index contributed by atoms with van der Waals surface area (Å²) in [6.07, 6.45) is 5.78. The van der Waals surface area contributed by atoms with Crippen LogP contribution >= 0.6 is 0 Å². The summed E-state index contributed by atoms with van der Waals surface area (Å²) >= 11 is 0. The Morgan fingerprint density at radius 2 is 1.76 bits per heavy atom. The number of hydrogen-bond donors (Lipinski definition) is 0. The molecule has 0 saturated carbocycles. The molecule has 1 atom stereocenters. The maximum Gasteiger partial charge on any atom is 0.172 e. The molecule has 2 heterocycles. The Hall–Kier alpha value is -0.133. The summed E-state index contributed by atoms with van der Waals surface area (Å²) in [5, 5.41) is 0. The molecule has 0 radical (unpaired) electrons. The summed E-state index contributed by atoms with van der Waals surface area (Å²) in [7, 11) is -4.68. The Morgan fingerprint density at radius 1 is 1.18 bits per heavy atom. The largest absolute Gasteiger partial charge is 0.296 e. The predicted molar refractivity (Wildman–Crippen MR) is 74.4 cm³/mol. The van der Waals surface area contributed by atoms with Crippen LogP contribution in [0.3, 0.4) is 0 Å². The maximum atomic E-state index is 12.2. The van der Waals surface area contributed by atoms with E-state index < -0.39 is 17.9 Å². The molecule has 2 aliphatic heterocycles. The molecule has 0 amide bonds. The van der Waals surface area contributed by atoms with Crippen LogP contribution in [0.1, 0.15) is 19.3 Å². The number of nitrogens with zero attached hydrogens (tertiary/aromatic N) is 1. The number of piperidine rings is 1. The molecule has 1 unspecified atom stereocenters. The van der Waals surface area contributed by atoms with E-state index in [4.69, 9.17) is 0 Å². The van der Waals surface area contributed by atoms with E-state index in [0.717, 1.165) is 17.6 Å². The quantitative estimate of drug-likeness (QED) is 0.723. The lowest BCUT2D eigenvalue weighted by atomic mass is 10.1. The van der Waals surface area contributed by atoms with Crippen LogP contribution in [0.4, 0.5) is 0 Å². The van der Waals surface area contributed by atoms with E-state index in [0.29, 0.717) is 5.75 Å². The van der Waals surface area contributed by atoms with Gasteiger partial charge in [0, 0.05) is 10.6 Å². The highest BCUT2D eigenvalue weighted by atomic mass is 32.2. The third-order valence-corrected chi connectivity index (χ3v) is 9.67. The van der Waals surface area contributed by atoms with Crippen LogP contribution in [-0.2, 0) is 9.84 Å². The van der Waals surface area contributed by atoms with Crippen LogP contribution in [0.25, 0.3) is 0 Å². The molecule has 17 heavy (non-hydrogen) atoms. The zero-order valence-corrected chi connectivity index (χ0v) is 12.9. The molecule has 0 bridgehead atoms. The van der Waals surface area contributed by atoms with Gasteiger partial charge < -0.3 is 0 Å². The third-order valence-electron chi connectivity index (χ3n) is 3.67. The van der Waals surface area contributed by atoms with Gasteiger partial charge in [0.2, 0.25) is 0 Å². The van der Waals surface area contributed by atoms with Crippen molar-refractivity contribution in [3.63, 3.8) is 0 Å². The summed E-state index contributed by atoms with van der Waals surface area (Å²) in [5.41, 5.74) is 0. The molecular weight excluding hydrogens is 250 g/mol. The van der Waals surface area contributed by atoms with Gasteiger partial charge >= 0.3 is 0 Å². The number of hydrogen-bond acceptors (Lipinski definition) is 3. The van der Waals surface area contributed by atoms with Crippen molar-refractivity contribution in [3.05, 3.63) is 10.6 Å². The molecular formula is C12H23NO2SSi. The monoisotopic (exact) mass is 273 g/mol. The number of rotatable bonds is 2. The van der Waals surface area contributed by atoms with Crippen LogP contribution < -0.4 is 0 Å². The molecule has 1 saturated heterocycles. The van der Waals surface area contributed by atoms with Gasteiger partial charge in [-0.2, -0.15) is 0 Å². The summed E-state index contributed by atoms with van der Waals surface area (Å²) in [6.45, 7) is 8.49. The van der Waals surface area contributed by atoms with Gasteiger partial charge in [0.1, 0.15) is 0 Å². The predicted octanol–water partition coefficient (Wildman–Crippen LogP) is 2.03. The Labute approximate surface area is 106 Å². The molecule has 5 heteroatoms. The SMILES string of the molecule is C[Si](C)(C)C1=CC(N2CCCCC2)CS1(=O)=O. The maximum absolute atomic E-state index is 12.2. The van der Waals surface area contributed by atoms with Gasteiger partial charge in [-0.15, -0.1) is 0 Å². The smallest absolute Gasteiger partial charge is 0.172 e. The number of likely N-dealkylation sites (tertiary alicyclic amines) is 1. The Kier molecular flexibility index (Phi) is 3.53. The van der Waals surface area contributed by atoms with E-state index in [1.165, 1.54) is 19.3 Å². The average Bonchev–Trinajstić information content (AvgIpc) is 2.55. The lowest BCUT2D eigenvalue weighted by Gasteiger charge is -2.30. The van der Waals surface area contributed by atoms with Crippen molar-refractivity contribution in [1.82, 2.24) is 4.90 Å². The molecule has 98 valence electrons. The number of sulfone groups is 1. The summed E-state index contributed by atoms with van der Waals surface area (Å²) < 4.78 is 25.2. The van der Waals surface area contributed by atoms with Crippen molar-refractivity contribution in [2.75, 3.05) is 18.8 Å². The van der Waals surface area contributed by atoms with E-state index in [1.54, 1.807) is 0 Å². The first kappa shape index (κ1) is 13.3. The lowest BCUT2D eigenvalue weighted by Crippen LogP contribution is -2.39. The molecule has 1 fully saturated rings. The van der Waals surface area contributed by atoms with Gasteiger partial charge in [0.15, 0.2) is 9.84 Å². The second-order valence-corrected chi connectivity index (χ2v) is 13.6. The van der Waals surface area contributed by atoms with E-state index >= 15 is 0 Å². The topological polar surface area (TPSA) is 37.4 Å². The van der Waals surface area contributed by atoms with Gasteiger partial charge in [-0.05, 0) is 25.9 Å². The molecule has 2 rings (SSSR count). The van der Waals surface area contributed by atoms with Crippen LogP contribution in [0, 0.1) is 0 Å². The third kappa shape index (κ3) is 2.82. The fourth-order valence-corrected chi connectivity index (χ4v) is 8.79. The van der Waals surface area contributed by atoms with Crippen molar-refractivity contribution in [3.8, 4) is 0 Å². The second-order valence-electron chi connectivity index (χ2n) is 6.23. The van der Waals surface area contributed by atoms with E-state index in [2.05, 4.69) is 30.6 Å². The zero-order chi connectivity index (χ0) is 12.7. The van der Waals surface area contributed by atoms with Crippen molar-refractivity contribution in [2.45, 2.75) is 44.9 Å². The highest BCUT2D eigenvalue weighted by molar-refractivity contribution is 7.98. The van der Waals surface area contributed by atoms with Crippen LogP contribution in [0.5, 0.6) is 0 Å². The minimum atomic E-state index is -2.96. The van der Waals surface area contributed by atoms with Crippen molar-refractivity contribution >= 4 is 17.9 Å². The van der Waals surface area contributed by atoms with Crippen molar-refractivity contribution in [1.29, 1.82) is 0 Å². The lowest BCUT2D eigenvalue weighted by molar-refractivity contribution is 0.204. The van der Waals surface area contributed by atoms with Crippen LogP contribution in [0.15, 0.2) is 10.6 Å². The Bertz CT molecular complexity index is 416. The van der Waals surface area contributed by atoms with Gasteiger partial charge in [-0.25, -0.2) is 8.42 Å². The molecule has 0 N–H and O–H groups in total. The minimum absolute atomic E-state index is 0.155. The zero-order valence-electron chi connectivity index (χ0n) is 11.1. The molecule has 2 aliphatic rings. The fourth-order valence-electron chi connectivity index (χ4n) is 2.82. The van der Waals surface area contributed by atoms with Gasteiger partial charge in [-0.3, -0.25) is 4.90 Å². The molecule has 0 spiro atoms. The average molecular weight is 273 g/mol. The summed E-state index contributed by atoms with van der Waals surface area (Å²) in [6, 6.07) is 0.155.